The molecule has 5 heteroatoms. The van der Waals surface area contributed by atoms with Crippen molar-refractivity contribution in [3.8, 4) is 6.07 Å². The van der Waals surface area contributed by atoms with Crippen LogP contribution in [0.2, 0.25) is 0 Å². The Morgan fingerprint density at radius 1 is 1.12 bits per heavy atom. The van der Waals surface area contributed by atoms with Gasteiger partial charge in [-0.1, -0.05) is 39.0 Å². The fourth-order valence-electron chi connectivity index (χ4n) is 1.56. The second-order valence-corrected chi connectivity index (χ2v) is 4.58. The number of halogens is 3. The van der Waals surface area contributed by atoms with E-state index >= 15 is 0 Å². The highest BCUT2D eigenvalue weighted by Gasteiger charge is 2.32. The number of nitriles is 1. The molecule has 17 heavy (non-hydrogen) atoms. The first-order valence-electron chi connectivity index (χ1n) is 6.06. The van der Waals surface area contributed by atoms with E-state index in [1.54, 1.807) is 0 Å². The molecule has 1 N–H and O–H groups in total. The third-order valence-electron chi connectivity index (χ3n) is 2.71. The SMILES string of the molecule is CCCCCCCC(C)(C#N)NCC(F)(F)F. The van der Waals surface area contributed by atoms with Crippen LogP contribution >= 0.6 is 0 Å². The molecule has 0 aromatic heterocycles. The summed E-state index contributed by atoms with van der Waals surface area (Å²) >= 11 is 0. The van der Waals surface area contributed by atoms with Crippen LogP contribution in [0, 0.1) is 11.3 Å². The summed E-state index contributed by atoms with van der Waals surface area (Å²) in [7, 11) is 0. The summed E-state index contributed by atoms with van der Waals surface area (Å²) in [6, 6.07) is 1.93. The zero-order valence-electron chi connectivity index (χ0n) is 10.5. The number of hydrogen-bond donors (Lipinski definition) is 1. The maximum atomic E-state index is 12.0. The van der Waals surface area contributed by atoms with E-state index in [0.29, 0.717) is 6.42 Å². The molecule has 0 fully saturated rings. The van der Waals surface area contributed by atoms with Crippen LogP contribution in [0.25, 0.3) is 0 Å². The van der Waals surface area contributed by atoms with Gasteiger partial charge in [0.1, 0.15) is 5.54 Å². The van der Waals surface area contributed by atoms with Gasteiger partial charge in [0.05, 0.1) is 12.6 Å². The Hall–Kier alpha value is -0.760. The topological polar surface area (TPSA) is 35.8 Å². The van der Waals surface area contributed by atoms with Crippen molar-refractivity contribution in [1.82, 2.24) is 5.32 Å². The van der Waals surface area contributed by atoms with Crippen LogP contribution in [0.3, 0.4) is 0 Å². The monoisotopic (exact) mass is 250 g/mol. The summed E-state index contributed by atoms with van der Waals surface area (Å²) in [6.07, 6.45) is 1.30. The Bertz CT molecular complexity index is 245. The number of nitrogens with one attached hydrogen (secondary N) is 1. The van der Waals surface area contributed by atoms with Crippen LogP contribution in [-0.4, -0.2) is 18.3 Å². The smallest absolute Gasteiger partial charge is 0.291 e. The van der Waals surface area contributed by atoms with E-state index in [1.807, 2.05) is 6.07 Å². The molecule has 0 aromatic rings. The molecule has 100 valence electrons. The lowest BCUT2D eigenvalue weighted by Gasteiger charge is -2.24. The number of rotatable bonds is 8. The first-order chi connectivity index (χ1) is 7.83. The maximum Gasteiger partial charge on any atom is 0.401 e. The second-order valence-electron chi connectivity index (χ2n) is 4.58. The minimum absolute atomic E-state index is 0.462. The van der Waals surface area contributed by atoms with E-state index in [4.69, 9.17) is 5.26 Å². The van der Waals surface area contributed by atoms with Gasteiger partial charge in [-0.15, -0.1) is 0 Å². The predicted octanol–water partition coefficient (Wildman–Crippen LogP) is 3.78. The highest BCUT2D eigenvalue weighted by Crippen LogP contribution is 2.18. The van der Waals surface area contributed by atoms with E-state index in [0.717, 1.165) is 32.1 Å². The highest BCUT2D eigenvalue weighted by atomic mass is 19.4. The number of unbranched alkanes of at least 4 members (excludes halogenated alkanes) is 4. The molecule has 0 aromatic carbocycles. The minimum Gasteiger partial charge on any atom is -0.291 e. The Morgan fingerprint density at radius 2 is 1.71 bits per heavy atom. The molecule has 0 radical (unpaired) electrons. The van der Waals surface area contributed by atoms with Crippen LogP contribution in [0.5, 0.6) is 0 Å². The van der Waals surface area contributed by atoms with Crippen molar-refractivity contribution in [3.05, 3.63) is 0 Å². The summed E-state index contributed by atoms with van der Waals surface area (Å²) in [5.74, 6) is 0. The van der Waals surface area contributed by atoms with Crippen LogP contribution in [0.15, 0.2) is 0 Å². The van der Waals surface area contributed by atoms with Gasteiger partial charge >= 0.3 is 6.18 Å². The van der Waals surface area contributed by atoms with Gasteiger partial charge in [0, 0.05) is 0 Å². The molecule has 0 rings (SSSR count). The van der Waals surface area contributed by atoms with Crippen molar-refractivity contribution < 1.29 is 13.2 Å². The average molecular weight is 250 g/mol. The van der Waals surface area contributed by atoms with Crippen molar-refractivity contribution >= 4 is 0 Å². The van der Waals surface area contributed by atoms with Crippen LogP contribution in [-0.2, 0) is 0 Å². The Labute approximate surface area is 101 Å². The maximum absolute atomic E-state index is 12.0. The molecule has 2 nitrogen and oxygen atoms in total. The summed E-state index contributed by atoms with van der Waals surface area (Å²) in [5.41, 5.74) is -1.07. The molecule has 0 saturated carbocycles. The lowest BCUT2D eigenvalue weighted by molar-refractivity contribution is -0.127. The van der Waals surface area contributed by atoms with Gasteiger partial charge in [-0.25, -0.2) is 0 Å². The first kappa shape index (κ1) is 16.2. The zero-order chi connectivity index (χ0) is 13.4. The molecular weight excluding hydrogens is 229 g/mol. The van der Waals surface area contributed by atoms with Crippen LogP contribution in [0.4, 0.5) is 13.2 Å². The van der Waals surface area contributed by atoms with Crippen molar-refractivity contribution in [2.45, 2.75) is 64.1 Å². The van der Waals surface area contributed by atoms with Crippen molar-refractivity contribution in [2.24, 2.45) is 0 Å². The Morgan fingerprint density at radius 3 is 2.18 bits per heavy atom. The quantitative estimate of drug-likeness (QED) is 0.665. The van der Waals surface area contributed by atoms with Crippen LogP contribution in [0.1, 0.15) is 52.4 Å². The third-order valence-corrected chi connectivity index (χ3v) is 2.71. The Balaban J connectivity index is 3.91. The van der Waals surface area contributed by atoms with E-state index in [-0.39, 0.29) is 0 Å². The third kappa shape index (κ3) is 8.99. The molecule has 0 saturated heterocycles. The molecular formula is C12H21F3N2. The standard InChI is InChI=1S/C12H21F3N2/c1-3-4-5-6-7-8-11(2,9-16)17-10-12(13,14)15/h17H,3-8,10H2,1-2H3. The van der Waals surface area contributed by atoms with E-state index < -0.39 is 18.3 Å². The minimum atomic E-state index is -4.26. The Kier molecular flexibility index (Phi) is 7.21. The molecule has 0 bridgehead atoms. The highest BCUT2D eigenvalue weighted by molar-refractivity contribution is 5.03. The summed E-state index contributed by atoms with van der Waals surface area (Å²) in [4.78, 5) is 0. The van der Waals surface area contributed by atoms with E-state index in [2.05, 4.69) is 12.2 Å². The number of alkyl halides is 3. The van der Waals surface area contributed by atoms with Gasteiger partial charge in [0.15, 0.2) is 0 Å². The van der Waals surface area contributed by atoms with Crippen molar-refractivity contribution in [3.63, 3.8) is 0 Å². The number of hydrogen-bond acceptors (Lipinski definition) is 2. The van der Waals surface area contributed by atoms with Crippen molar-refractivity contribution in [1.29, 1.82) is 5.26 Å². The van der Waals surface area contributed by atoms with E-state index in [1.165, 1.54) is 6.92 Å². The fraction of sp³-hybridized carbons (Fsp3) is 0.917. The van der Waals surface area contributed by atoms with Crippen molar-refractivity contribution in [2.75, 3.05) is 6.54 Å². The largest absolute Gasteiger partial charge is 0.401 e. The lowest BCUT2D eigenvalue weighted by atomic mass is 9.95. The molecule has 0 amide bonds. The first-order valence-corrected chi connectivity index (χ1v) is 6.06. The second kappa shape index (κ2) is 7.54. The lowest BCUT2D eigenvalue weighted by Crippen LogP contribution is -2.45. The number of nitrogens with zero attached hydrogens (tertiary/aromatic N) is 1. The molecule has 1 unspecified atom stereocenters. The van der Waals surface area contributed by atoms with Gasteiger partial charge in [0.25, 0.3) is 0 Å². The van der Waals surface area contributed by atoms with Crippen LogP contribution < -0.4 is 5.32 Å². The molecule has 0 aliphatic carbocycles. The average Bonchev–Trinajstić information content (AvgIpc) is 2.25. The van der Waals surface area contributed by atoms with Gasteiger partial charge in [-0.05, 0) is 13.3 Å². The molecule has 0 spiro atoms. The summed E-state index contributed by atoms with van der Waals surface area (Å²) in [5, 5.41) is 11.2. The molecule has 0 aliphatic heterocycles. The van der Waals surface area contributed by atoms with Gasteiger partial charge in [-0.2, -0.15) is 18.4 Å². The molecule has 0 aliphatic rings. The summed E-state index contributed by atoms with van der Waals surface area (Å²) < 4.78 is 36.1. The predicted molar refractivity (Wildman–Crippen MR) is 61.5 cm³/mol. The molecule has 0 heterocycles. The van der Waals surface area contributed by atoms with Gasteiger partial charge in [-0.3, -0.25) is 5.32 Å². The van der Waals surface area contributed by atoms with Gasteiger partial charge in [0.2, 0.25) is 0 Å². The molecule has 1 atom stereocenters. The summed E-state index contributed by atoms with van der Waals surface area (Å²) in [6.45, 7) is 2.52. The fourth-order valence-corrected chi connectivity index (χ4v) is 1.56. The van der Waals surface area contributed by atoms with Gasteiger partial charge < -0.3 is 0 Å². The normalized spacial score (nSPS) is 15.3. The van der Waals surface area contributed by atoms with E-state index in [9.17, 15) is 13.2 Å². The zero-order valence-corrected chi connectivity index (χ0v) is 10.5.